The van der Waals surface area contributed by atoms with Gasteiger partial charge in [-0.2, -0.15) is 0 Å². The van der Waals surface area contributed by atoms with Crippen LogP contribution in [-0.2, 0) is 10.0 Å². The summed E-state index contributed by atoms with van der Waals surface area (Å²) in [5.41, 5.74) is 0. The van der Waals surface area contributed by atoms with Gasteiger partial charge >= 0.3 is 0 Å². The Morgan fingerprint density at radius 2 is 2.06 bits per heavy atom. The quantitative estimate of drug-likeness (QED) is 0.895. The van der Waals surface area contributed by atoms with Gasteiger partial charge in [-0.05, 0) is 18.9 Å². The first kappa shape index (κ1) is 12.6. The Bertz CT molecular complexity index is 493. The molecule has 0 unspecified atom stereocenters. The Morgan fingerprint density at radius 1 is 1.44 bits per heavy atom. The van der Waals surface area contributed by atoms with E-state index in [-0.39, 0.29) is 15.3 Å². The largest absolute Gasteiger partial charge is 0.393 e. The van der Waals surface area contributed by atoms with Crippen LogP contribution in [0.1, 0.15) is 12.8 Å². The van der Waals surface area contributed by atoms with Crippen LogP contribution in [0.5, 0.6) is 0 Å². The smallest absolute Gasteiger partial charge is 0.243 e. The molecule has 16 heavy (non-hydrogen) atoms. The lowest BCUT2D eigenvalue weighted by molar-refractivity contribution is 0.0712. The maximum absolute atomic E-state index is 11.8. The molecule has 0 spiro atoms. The number of aliphatic hydroxyl groups is 1. The normalized spacial score (nSPS) is 25.4. The van der Waals surface area contributed by atoms with E-state index in [4.69, 9.17) is 28.3 Å². The SMILES string of the molecule is O=S(=O)(NC1CC(O)C1)c1cc(Cl)sc1Cl. The first-order valence-corrected chi connectivity index (χ1v) is 7.59. The molecule has 1 aliphatic carbocycles. The van der Waals surface area contributed by atoms with Crippen LogP contribution in [0, 0.1) is 0 Å². The molecule has 1 aromatic heterocycles. The van der Waals surface area contributed by atoms with Crippen molar-refractivity contribution in [3.8, 4) is 0 Å². The highest BCUT2D eigenvalue weighted by Crippen LogP contribution is 2.34. The minimum absolute atomic E-state index is 0.00514. The van der Waals surface area contributed by atoms with Crippen LogP contribution in [0.15, 0.2) is 11.0 Å². The lowest BCUT2D eigenvalue weighted by Gasteiger charge is -2.31. The molecule has 0 aliphatic heterocycles. The molecule has 2 rings (SSSR count). The zero-order chi connectivity index (χ0) is 11.9. The highest BCUT2D eigenvalue weighted by Gasteiger charge is 2.32. The number of sulfonamides is 1. The van der Waals surface area contributed by atoms with Crippen LogP contribution in [0.25, 0.3) is 0 Å². The Labute approximate surface area is 107 Å². The molecule has 1 heterocycles. The van der Waals surface area contributed by atoms with Gasteiger partial charge in [0.25, 0.3) is 0 Å². The lowest BCUT2D eigenvalue weighted by Crippen LogP contribution is -2.46. The Morgan fingerprint density at radius 3 is 2.50 bits per heavy atom. The predicted molar refractivity (Wildman–Crippen MR) is 63.7 cm³/mol. The van der Waals surface area contributed by atoms with Crippen molar-refractivity contribution >= 4 is 44.6 Å². The third-order valence-electron chi connectivity index (χ3n) is 2.35. The van der Waals surface area contributed by atoms with Crippen LogP contribution in [0.2, 0.25) is 8.67 Å². The Kier molecular flexibility index (Phi) is 3.49. The standard InChI is InChI=1S/C8H9Cl2NO3S2/c9-7-3-6(8(10)15-7)16(13,14)11-4-1-5(12)2-4/h3-5,11-12H,1-2H2. The van der Waals surface area contributed by atoms with Crippen molar-refractivity contribution in [1.29, 1.82) is 0 Å². The topological polar surface area (TPSA) is 66.4 Å². The third-order valence-corrected chi connectivity index (χ3v) is 5.62. The summed E-state index contributed by atoms with van der Waals surface area (Å²) in [5.74, 6) is 0. The van der Waals surface area contributed by atoms with Crippen molar-refractivity contribution in [2.45, 2.75) is 29.9 Å². The molecule has 1 fully saturated rings. The summed E-state index contributed by atoms with van der Waals surface area (Å²) in [4.78, 5) is 0.00514. The fourth-order valence-corrected chi connectivity index (χ4v) is 4.89. The molecule has 0 amide bonds. The lowest BCUT2D eigenvalue weighted by atomic mass is 9.91. The summed E-state index contributed by atoms with van der Waals surface area (Å²) >= 11 is 12.5. The van der Waals surface area contributed by atoms with Gasteiger partial charge in [0, 0.05) is 6.04 Å². The molecule has 0 atom stereocenters. The molecule has 0 radical (unpaired) electrons. The van der Waals surface area contributed by atoms with Crippen molar-refractivity contribution in [3.05, 3.63) is 14.7 Å². The number of thiophene rings is 1. The number of nitrogens with one attached hydrogen (secondary N) is 1. The minimum atomic E-state index is -3.62. The van der Waals surface area contributed by atoms with Crippen molar-refractivity contribution in [3.63, 3.8) is 0 Å². The molecule has 1 aromatic rings. The van der Waals surface area contributed by atoms with Crippen molar-refractivity contribution < 1.29 is 13.5 Å². The van der Waals surface area contributed by atoms with E-state index < -0.39 is 16.1 Å². The second-order valence-corrected chi connectivity index (χ2v) is 7.60. The summed E-state index contributed by atoms with van der Waals surface area (Å²) in [5, 5.41) is 9.06. The maximum Gasteiger partial charge on any atom is 0.243 e. The predicted octanol–water partition coefficient (Wildman–Crippen LogP) is 1.86. The average molecular weight is 302 g/mol. The zero-order valence-corrected chi connectivity index (χ0v) is 11.1. The zero-order valence-electron chi connectivity index (χ0n) is 7.98. The summed E-state index contributed by atoms with van der Waals surface area (Å²) in [6, 6.07) is 1.11. The van der Waals surface area contributed by atoms with Gasteiger partial charge in [0.05, 0.1) is 10.4 Å². The fourth-order valence-electron chi connectivity index (χ4n) is 1.48. The Balaban J connectivity index is 2.16. The maximum atomic E-state index is 11.8. The van der Waals surface area contributed by atoms with Crippen LogP contribution < -0.4 is 4.72 Å². The molecule has 90 valence electrons. The first-order valence-electron chi connectivity index (χ1n) is 4.54. The number of hydrogen-bond acceptors (Lipinski definition) is 4. The van der Waals surface area contributed by atoms with Gasteiger partial charge < -0.3 is 5.11 Å². The van der Waals surface area contributed by atoms with E-state index in [2.05, 4.69) is 4.72 Å². The van der Waals surface area contributed by atoms with Gasteiger partial charge in [-0.15, -0.1) is 11.3 Å². The van der Waals surface area contributed by atoms with Gasteiger partial charge in [0.2, 0.25) is 10.0 Å². The van der Waals surface area contributed by atoms with E-state index in [9.17, 15) is 8.42 Å². The van der Waals surface area contributed by atoms with E-state index in [1.165, 1.54) is 6.07 Å². The summed E-state index contributed by atoms with van der Waals surface area (Å²) in [7, 11) is -3.62. The first-order chi connectivity index (χ1) is 7.38. The van der Waals surface area contributed by atoms with Crippen LogP contribution in [-0.4, -0.2) is 25.7 Å². The van der Waals surface area contributed by atoms with Gasteiger partial charge in [-0.25, -0.2) is 13.1 Å². The molecule has 4 nitrogen and oxygen atoms in total. The molecule has 1 aliphatic rings. The molecule has 0 saturated heterocycles. The van der Waals surface area contributed by atoms with Crippen molar-refractivity contribution in [2.75, 3.05) is 0 Å². The molecule has 1 saturated carbocycles. The summed E-state index contributed by atoms with van der Waals surface area (Å²) in [6.45, 7) is 0. The number of rotatable bonds is 3. The number of halogens is 2. The molecule has 0 bridgehead atoms. The van der Waals surface area contributed by atoms with Gasteiger partial charge in [-0.3, -0.25) is 0 Å². The van der Waals surface area contributed by atoms with Gasteiger partial charge in [0.1, 0.15) is 9.23 Å². The monoisotopic (exact) mass is 301 g/mol. The molecule has 2 N–H and O–H groups in total. The van der Waals surface area contributed by atoms with E-state index in [1.54, 1.807) is 0 Å². The van der Waals surface area contributed by atoms with E-state index in [0.717, 1.165) is 11.3 Å². The van der Waals surface area contributed by atoms with E-state index in [1.807, 2.05) is 0 Å². The molecular weight excluding hydrogens is 293 g/mol. The second-order valence-electron chi connectivity index (χ2n) is 3.63. The van der Waals surface area contributed by atoms with Gasteiger partial charge in [-0.1, -0.05) is 23.2 Å². The second kappa shape index (κ2) is 4.44. The van der Waals surface area contributed by atoms with Crippen molar-refractivity contribution in [2.24, 2.45) is 0 Å². The number of hydrogen-bond donors (Lipinski definition) is 2. The van der Waals surface area contributed by atoms with Crippen LogP contribution in [0.3, 0.4) is 0 Å². The van der Waals surface area contributed by atoms with Gasteiger partial charge in [0.15, 0.2) is 0 Å². The number of aliphatic hydroxyl groups excluding tert-OH is 1. The minimum Gasteiger partial charge on any atom is -0.393 e. The van der Waals surface area contributed by atoms with Crippen LogP contribution in [0.4, 0.5) is 0 Å². The molecular formula is C8H9Cl2NO3S2. The fraction of sp³-hybridized carbons (Fsp3) is 0.500. The highest BCUT2D eigenvalue weighted by molar-refractivity contribution is 7.89. The summed E-state index contributed by atoms with van der Waals surface area (Å²) < 4.78 is 26.6. The highest BCUT2D eigenvalue weighted by atomic mass is 35.5. The van der Waals surface area contributed by atoms with E-state index in [0.29, 0.717) is 17.2 Å². The molecule has 0 aromatic carbocycles. The average Bonchev–Trinajstić information content (AvgIpc) is 2.43. The molecule has 8 heteroatoms. The Hall–Kier alpha value is 0.150. The third kappa shape index (κ3) is 2.52. The van der Waals surface area contributed by atoms with Crippen molar-refractivity contribution in [1.82, 2.24) is 4.72 Å². The summed E-state index contributed by atoms with van der Waals surface area (Å²) in [6.07, 6.45) is 0.470. The van der Waals surface area contributed by atoms with E-state index >= 15 is 0 Å². The van der Waals surface area contributed by atoms with Crippen LogP contribution >= 0.6 is 34.5 Å².